The van der Waals surface area contributed by atoms with Crippen molar-refractivity contribution >= 4 is 17.5 Å². The Morgan fingerprint density at radius 3 is 2.37 bits per heavy atom. The lowest BCUT2D eigenvalue weighted by molar-refractivity contribution is -0.127. The van der Waals surface area contributed by atoms with Crippen molar-refractivity contribution in [1.82, 2.24) is 10.2 Å². The molecule has 1 atom stereocenters. The number of carbonyl (C=O) groups is 2. The number of anilines is 1. The van der Waals surface area contributed by atoms with Gasteiger partial charge in [-0.1, -0.05) is 30.3 Å². The third-order valence-electron chi connectivity index (χ3n) is 4.53. The molecule has 0 aliphatic heterocycles. The Balaban J connectivity index is 1.86. The van der Waals surface area contributed by atoms with Crippen LogP contribution in [-0.4, -0.2) is 36.3 Å². The topological polar surface area (TPSA) is 61.4 Å². The summed E-state index contributed by atoms with van der Waals surface area (Å²) in [6, 6.07) is 11.6. The van der Waals surface area contributed by atoms with Crippen LogP contribution in [0.25, 0.3) is 0 Å². The second kappa shape index (κ2) is 9.28. The van der Waals surface area contributed by atoms with E-state index >= 15 is 0 Å². The molecule has 0 saturated carbocycles. The molecule has 5 nitrogen and oxygen atoms in total. The van der Waals surface area contributed by atoms with Crippen molar-refractivity contribution in [1.29, 1.82) is 0 Å². The van der Waals surface area contributed by atoms with Crippen LogP contribution in [0.1, 0.15) is 23.6 Å². The largest absolute Gasteiger partial charge is 0.346 e. The molecule has 27 heavy (non-hydrogen) atoms. The lowest BCUT2D eigenvalue weighted by atomic mass is 10.1. The van der Waals surface area contributed by atoms with E-state index in [9.17, 15) is 14.0 Å². The maximum Gasteiger partial charge on any atom is 0.243 e. The average molecular weight is 371 g/mol. The quantitative estimate of drug-likeness (QED) is 0.787. The van der Waals surface area contributed by atoms with Crippen LogP contribution in [0.4, 0.5) is 10.1 Å². The number of benzene rings is 2. The number of para-hydroxylation sites is 1. The van der Waals surface area contributed by atoms with E-state index in [2.05, 4.69) is 10.6 Å². The van der Waals surface area contributed by atoms with Crippen molar-refractivity contribution in [2.75, 3.05) is 18.9 Å². The van der Waals surface area contributed by atoms with Gasteiger partial charge in [-0.15, -0.1) is 0 Å². The van der Waals surface area contributed by atoms with E-state index in [1.807, 2.05) is 38.1 Å². The van der Waals surface area contributed by atoms with Crippen molar-refractivity contribution in [2.24, 2.45) is 0 Å². The zero-order valence-corrected chi connectivity index (χ0v) is 16.2. The summed E-state index contributed by atoms with van der Waals surface area (Å²) in [4.78, 5) is 26.3. The highest BCUT2D eigenvalue weighted by Gasteiger charge is 2.19. The van der Waals surface area contributed by atoms with E-state index in [-0.39, 0.29) is 24.2 Å². The van der Waals surface area contributed by atoms with Crippen LogP contribution >= 0.6 is 0 Å². The monoisotopic (exact) mass is 371 g/mol. The first-order chi connectivity index (χ1) is 12.8. The molecule has 0 radical (unpaired) electrons. The summed E-state index contributed by atoms with van der Waals surface area (Å²) in [6.45, 7) is 5.92. The molecule has 0 aliphatic carbocycles. The van der Waals surface area contributed by atoms with Gasteiger partial charge in [-0.25, -0.2) is 4.39 Å². The Bertz CT molecular complexity index is 803. The van der Waals surface area contributed by atoms with Crippen LogP contribution in [0.15, 0.2) is 42.5 Å². The number of hydrogen-bond donors (Lipinski definition) is 2. The number of amides is 2. The third kappa shape index (κ3) is 5.89. The molecule has 2 rings (SSSR count). The fourth-order valence-electron chi connectivity index (χ4n) is 2.77. The molecular weight excluding hydrogens is 345 g/mol. The van der Waals surface area contributed by atoms with E-state index in [0.29, 0.717) is 6.54 Å². The molecule has 0 saturated heterocycles. The highest BCUT2D eigenvalue weighted by molar-refractivity contribution is 5.96. The molecule has 6 heteroatoms. The Hall–Kier alpha value is -2.73. The molecule has 2 amide bonds. The molecule has 2 aromatic carbocycles. The molecule has 0 spiro atoms. The van der Waals surface area contributed by atoms with Crippen LogP contribution in [0.2, 0.25) is 0 Å². The highest BCUT2D eigenvalue weighted by atomic mass is 19.1. The number of carbonyl (C=O) groups excluding carboxylic acids is 2. The molecule has 0 bridgehead atoms. The standard InChI is InChI=1S/C21H26FN3O2/c1-14-7-5-8-15(2)20(14)24-19(26)12-23-21(27)16(3)25(4)13-17-9-6-10-18(22)11-17/h5-11,16H,12-13H2,1-4H3,(H,23,27)(H,24,26). The maximum atomic E-state index is 13.3. The highest BCUT2D eigenvalue weighted by Crippen LogP contribution is 2.19. The minimum Gasteiger partial charge on any atom is -0.346 e. The summed E-state index contributed by atoms with van der Waals surface area (Å²) in [5, 5.41) is 5.49. The van der Waals surface area contributed by atoms with E-state index in [4.69, 9.17) is 0 Å². The first-order valence-corrected chi connectivity index (χ1v) is 8.86. The Morgan fingerprint density at radius 1 is 1.11 bits per heavy atom. The Morgan fingerprint density at radius 2 is 1.74 bits per heavy atom. The second-order valence-electron chi connectivity index (χ2n) is 6.75. The van der Waals surface area contributed by atoms with Crippen LogP contribution in [-0.2, 0) is 16.1 Å². The normalized spacial score (nSPS) is 11.9. The number of nitrogens with one attached hydrogen (secondary N) is 2. The smallest absolute Gasteiger partial charge is 0.243 e. The molecule has 1 unspecified atom stereocenters. The molecule has 2 N–H and O–H groups in total. The Labute approximate surface area is 159 Å². The van der Waals surface area contributed by atoms with E-state index in [1.165, 1.54) is 12.1 Å². The Kier molecular flexibility index (Phi) is 7.07. The summed E-state index contributed by atoms with van der Waals surface area (Å²) in [5.41, 5.74) is 3.49. The SMILES string of the molecule is Cc1cccc(C)c1NC(=O)CNC(=O)C(C)N(C)Cc1cccc(F)c1. The van der Waals surface area contributed by atoms with Gasteiger partial charge in [-0.3, -0.25) is 14.5 Å². The lowest BCUT2D eigenvalue weighted by Crippen LogP contribution is -2.45. The molecule has 0 fully saturated rings. The van der Waals surface area contributed by atoms with Gasteiger partial charge in [0, 0.05) is 12.2 Å². The molecule has 0 aliphatic rings. The number of rotatable bonds is 7. The lowest BCUT2D eigenvalue weighted by Gasteiger charge is -2.24. The minimum atomic E-state index is -0.457. The summed E-state index contributed by atoms with van der Waals surface area (Å²) in [7, 11) is 1.78. The van der Waals surface area contributed by atoms with Gasteiger partial charge in [-0.2, -0.15) is 0 Å². The van der Waals surface area contributed by atoms with Gasteiger partial charge in [0.25, 0.3) is 0 Å². The van der Waals surface area contributed by atoms with Crippen molar-refractivity contribution in [3.8, 4) is 0 Å². The average Bonchev–Trinajstić information content (AvgIpc) is 2.62. The maximum absolute atomic E-state index is 13.3. The van der Waals surface area contributed by atoms with Crippen LogP contribution in [0.3, 0.4) is 0 Å². The predicted molar refractivity (Wildman–Crippen MR) is 105 cm³/mol. The van der Waals surface area contributed by atoms with E-state index in [1.54, 1.807) is 24.9 Å². The number of aryl methyl sites for hydroxylation is 2. The summed E-state index contributed by atoms with van der Waals surface area (Å²) < 4.78 is 13.3. The van der Waals surface area contributed by atoms with Crippen LogP contribution in [0.5, 0.6) is 0 Å². The minimum absolute atomic E-state index is 0.106. The first-order valence-electron chi connectivity index (χ1n) is 8.86. The van der Waals surface area contributed by atoms with Crippen LogP contribution in [0, 0.1) is 19.7 Å². The molecule has 144 valence electrons. The van der Waals surface area contributed by atoms with Gasteiger partial charge in [0.1, 0.15) is 5.82 Å². The summed E-state index contributed by atoms with van der Waals surface area (Å²) in [5.74, 6) is -0.840. The van der Waals surface area contributed by atoms with Crippen LogP contribution < -0.4 is 10.6 Å². The van der Waals surface area contributed by atoms with Gasteiger partial charge >= 0.3 is 0 Å². The zero-order valence-electron chi connectivity index (χ0n) is 16.2. The third-order valence-corrected chi connectivity index (χ3v) is 4.53. The second-order valence-corrected chi connectivity index (χ2v) is 6.75. The first kappa shape index (κ1) is 20.6. The van der Waals surface area contributed by atoms with Gasteiger partial charge in [0.05, 0.1) is 12.6 Å². The molecule has 0 heterocycles. The summed E-state index contributed by atoms with van der Waals surface area (Å²) >= 11 is 0. The summed E-state index contributed by atoms with van der Waals surface area (Å²) in [6.07, 6.45) is 0. The van der Waals surface area contributed by atoms with Gasteiger partial charge in [-0.05, 0) is 56.6 Å². The van der Waals surface area contributed by atoms with Gasteiger partial charge < -0.3 is 10.6 Å². The molecule has 0 aromatic heterocycles. The molecular formula is C21H26FN3O2. The van der Waals surface area contributed by atoms with Gasteiger partial charge in [0.15, 0.2) is 0 Å². The number of likely N-dealkylation sites (N-methyl/N-ethyl adjacent to an activating group) is 1. The number of halogens is 1. The zero-order chi connectivity index (χ0) is 20.0. The van der Waals surface area contributed by atoms with Crippen molar-refractivity contribution < 1.29 is 14.0 Å². The number of hydrogen-bond acceptors (Lipinski definition) is 3. The van der Waals surface area contributed by atoms with Crippen molar-refractivity contribution in [2.45, 2.75) is 33.4 Å². The van der Waals surface area contributed by atoms with E-state index < -0.39 is 6.04 Å². The fourth-order valence-corrected chi connectivity index (χ4v) is 2.77. The number of nitrogens with zero attached hydrogens (tertiary/aromatic N) is 1. The molecule has 2 aromatic rings. The fraction of sp³-hybridized carbons (Fsp3) is 0.333. The van der Waals surface area contributed by atoms with E-state index in [0.717, 1.165) is 22.4 Å². The van der Waals surface area contributed by atoms with Crippen molar-refractivity contribution in [3.05, 3.63) is 65.0 Å². The van der Waals surface area contributed by atoms with Crippen molar-refractivity contribution in [3.63, 3.8) is 0 Å². The predicted octanol–water partition coefficient (Wildman–Crippen LogP) is 3.02. The van der Waals surface area contributed by atoms with Gasteiger partial charge in [0.2, 0.25) is 11.8 Å².